The normalized spacial score (nSPS) is 16.6. The van der Waals surface area contributed by atoms with E-state index in [0.29, 0.717) is 6.54 Å². The number of rotatable bonds is 5. The zero-order valence-electron chi connectivity index (χ0n) is 13.8. The smallest absolute Gasteiger partial charge is 0.317 e. The number of hydrogen-bond acceptors (Lipinski definition) is 4. The summed E-state index contributed by atoms with van der Waals surface area (Å²) in [6.45, 7) is 5.99. The summed E-state index contributed by atoms with van der Waals surface area (Å²) in [5.74, 6) is 0. The quantitative estimate of drug-likeness (QED) is 0.915. The summed E-state index contributed by atoms with van der Waals surface area (Å²) in [5, 5.41) is 3.99. The molecule has 1 unspecified atom stereocenters. The van der Waals surface area contributed by atoms with Crippen LogP contribution in [0.3, 0.4) is 0 Å². The van der Waals surface area contributed by atoms with E-state index in [0.717, 1.165) is 34.9 Å². The van der Waals surface area contributed by atoms with Gasteiger partial charge in [-0.05, 0) is 45.0 Å². The molecule has 1 aliphatic rings. The minimum Gasteiger partial charge on any atom is -0.337 e. The van der Waals surface area contributed by atoms with Crippen LogP contribution in [0.2, 0.25) is 0 Å². The summed E-state index contributed by atoms with van der Waals surface area (Å²) >= 11 is 1.65. The van der Waals surface area contributed by atoms with Crippen molar-refractivity contribution in [1.82, 2.24) is 20.1 Å². The van der Waals surface area contributed by atoms with Crippen LogP contribution < -0.4 is 5.32 Å². The lowest BCUT2D eigenvalue weighted by Crippen LogP contribution is -2.41. The molecule has 1 N–H and O–H groups in total. The van der Waals surface area contributed by atoms with Gasteiger partial charge < -0.3 is 15.1 Å². The van der Waals surface area contributed by atoms with E-state index < -0.39 is 0 Å². The number of nitrogens with one attached hydrogen (secondary N) is 1. The Hall–Kier alpha value is -1.66. The first-order chi connectivity index (χ1) is 11.1. The molecule has 124 valence electrons. The maximum absolute atomic E-state index is 12.3. The van der Waals surface area contributed by atoms with Gasteiger partial charge in [0.05, 0.1) is 16.3 Å². The van der Waals surface area contributed by atoms with E-state index in [1.165, 1.54) is 12.8 Å². The fourth-order valence-electron chi connectivity index (χ4n) is 2.86. The lowest BCUT2D eigenvalue weighted by atomic mass is 10.3. The van der Waals surface area contributed by atoms with Gasteiger partial charge in [0.15, 0.2) is 0 Å². The Morgan fingerprint density at radius 2 is 2.13 bits per heavy atom. The third kappa shape index (κ3) is 3.82. The molecule has 23 heavy (non-hydrogen) atoms. The summed E-state index contributed by atoms with van der Waals surface area (Å²) in [5.41, 5.74) is 1.00. The van der Waals surface area contributed by atoms with E-state index in [2.05, 4.69) is 21.3 Å². The number of nitrogens with zero attached hydrogens (tertiary/aromatic N) is 3. The molecule has 2 aromatic rings. The zero-order valence-corrected chi connectivity index (χ0v) is 14.6. The highest BCUT2D eigenvalue weighted by Crippen LogP contribution is 2.28. The maximum atomic E-state index is 12.3. The van der Waals surface area contributed by atoms with Gasteiger partial charge in [-0.15, -0.1) is 11.3 Å². The molecule has 1 saturated heterocycles. The zero-order chi connectivity index (χ0) is 16.2. The number of aromatic nitrogens is 1. The number of hydrogen-bond donors (Lipinski definition) is 1. The molecule has 2 heterocycles. The predicted octanol–water partition coefficient (Wildman–Crippen LogP) is 3.09. The molecule has 1 fully saturated rings. The fraction of sp³-hybridized carbons (Fsp3) is 0.529. The molecule has 0 radical (unpaired) electrons. The van der Waals surface area contributed by atoms with Gasteiger partial charge in [-0.1, -0.05) is 12.1 Å². The molecule has 3 rings (SSSR count). The SMILES string of the molecule is CC(c1nc2ccccc2s1)N(C)C(=O)NCCN1CCCC1. The van der Waals surface area contributed by atoms with Crippen molar-refractivity contribution in [1.29, 1.82) is 0 Å². The highest BCUT2D eigenvalue weighted by atomic mass is 32.1. The minimum absolute atomic E-state index is 0.0285. The summed E-state index contributed by atoms with van der Waals surface area (Å²) in [6, 6.07) is 8.03. The predicted molar refractivity (Wildman–Crippen MR) is 94.9 cm³/mol. The Morgan fingerprint density at radius 3 is 2.87 bits per heavy atom. The van der Waals surface area contributed by atoms with Crippen LogP contribution in [0.4, 0.5) is 4.79 Å². The molecular weight excluding hydrogens is 308 g/mol. The van der Waals surface area contributed by atoms with Crippen molar-refractivity contribution in [3.8, 4) is 0 Å². The molecular formula is C17H24N4OS. The fourth-order valence-corrected chi connectivity index (χ4v) is 3.92. The molecule has 5 nitrogen and oxygen atoms in total. The number of likely N-dealkylation sites (tertiary alicyclic amines) is 1. The molecule has 1 aromatic carbocycles. The Bertz CT molecular complexity index is 632. The third-order valence-corrected chi connectivity index (χ3v) is 5.68. The Balaban J connectivity index is 1.55. The van der Waals surface area contributed by atoms with E-state index in [4.69, 9.17) is 0 Å². The van der Waals surface area contributed by atoms with E-state index in [9.17, 15) is 4.79 Å². The van der Waals surface area contributed by atoms with Crippen LogP contribution in [-0.4, -0.2) is 54.0 Å². The maximum Gasteiger partial charge on any atom is 0.317 e. The molecule has 6 heteroatoms. The topological polar surface area (TPSA) is 48.5 Å². The van der Waals surface area contributed by atoms with Gasteiger partial charge in [0.25, 0.3) is 0 Å². The highest BCUT2D eigenvalue weighted by molar-refractivity contribution is 7.18. The molecule has 0 aliphatic carbocycles. The van der Waals surface area contributed by atoms with Crippen LogP contribution >= 0.6 is 11.3 Å². The summed E-state index contributed by atoms with van der Waals surface area (Å²) < 4.78 is 1.16. The number of benzene rings is 1. The van der Waals surface area contributed by atoms with E-state index >= 15 is 0 Å². The van der Waals surface area contributed by atoms with Crippen molar-refractivity contribution >= 4 is 27.6 Å². The van der Waals surface area contributed by atoms with E-state index in [1.54, 1.807) is 16.2 Å². The van der Waals surface area contributed by atoms with Crippen molar-refractivity contribution in [3.05, 3.63) is 29.3 Å². The van der Waals surface area contributed by atoms with Crippen LogP contribution in [0.15, 0.2) is 24.3 Å². The van der Waals surface area contributed by atoms with Gasteiger partial charge in [0.2, 0.25) is 0 Å². The van der Waals surface area contributed by atoms with Gasteiger partial charge >= 0.3 is 6.03 Å². The van der Waals surface area contributed by atoms with E-state index in [-0.39, 0.29) is 12.1 Å². The molecule has 2 amide bonds. The molecule has 0 spiro atoms. The molecule has 1 aliphatic heterocycles. The average molecular weight is 332 g/mol. The largest absolute Gasteiger partial charge is 0.337 e. The van der Waals surface area contributed by atoms with Crippen LogP contribution in [-0.2, 0) is 0 Å². The summed E-state index contributed by atoms with van der Waals surface area (Å²) in [6.07, 6.45) is 2.56. The van der Waals surface area contributed by atoms with Gasteiger partial charge in [0, 0.05) is 20.1 Å². The number of para-hydroxylation sites is 1. The number of amides is 2. The van der Waals surface area contributed by atoms with Crippen molar-refractivity contribution in [2.24, 2.45) is 0 Å². The van der Waals surface area contributed by atoms with Crippen molar-refractivity contribution in [2.75, 3.05) is 33.2 Å². The lowest BCUT2D eigenvalue weighted by molar-refractivity contribution is 0.192. The van der Waals surface area contributed by atoms with Crippen LogP contribution in [0, 0.1) is 0 Å². The van der Waals surface area contributed by atoms with Crippen LogP contribution in [0.5, 0.6) is 0 Å². The van der Waals surface area contributed by atoms with Crippen LogP contribution in [0.1, 0.15) is 30.8 Å². The summed E-state index contributed by atoms with van der Waals surface area (Å²) in [7, 11) is 1.84. The Labute approximate surface area is 141 Å². The standard InChI is InChI=1S/C17H24N4OS/c1-13(16-19-14-7-3-4-8-15(14)23-16)20(2)17(22)18-9-12-21-10-5-6-11-21/h3-4,7-8,13H,5-6,9-12H2,1-2H3,(H,18,22). The first kappa shape index (κ1) is 16.2. The number of fused-ring (bicyclic) bond motifs is 1. The molecule has 0 saturated carbocycles. The number of thiazole rings is 1. The van der Waals surface area contributed by atoms with Crippen molar-refractivity contribution in [2.45, 2.75) is 25.8 Å². The number of carbonyl (C=O) groups is 1. The summed E-state index contributed by atoms with van der Waals surface area (Å²) in [4.78, 5) is 21.1. The van der Waals surface area contributed by atoms with Crippen LogP contribution in [0.25, 0.3) is 10.2 Å². The Kier molecular flexibility index (Phi) is 5.13. The second-order valence-electron chi connectivity index (χ2n) is 6.09. The first-order valence-corrected chi connectivity index (χ1v) is 9.05. The Morgan fingerprint density at radius 1 is 1.39 bits per heavy atom. The first-order valence-electron chi connectivity index (χ1n) is 8.23. The van der Waals surface area contributed by atoms with Gasteiger partial charge in [0.1, 0.15) is 5.01 Å². The average Bonchev–Trinajstić information content (AvgIpc) is 3.22. The number of carbonyl (C=O) groups excluding carboxylic acids is 1. The molecule has 1 atom stereocenters. The second kappa shape index (κ2) is 7.27. The van der Waals surface area contributed by atoms with Gasteiger partial charge in [-0.2, -0.15) is 0 Å². The van der Waals surface area contributed by atoms with Crippen molar-refractivity contribution in [3.63, 3.8) is 0 Å². The molecule has 0 bridgehead atoms. The van der Waals surface area contributed by atoms with Crippen molar-refractivity contribution < 1.29 is 4.79 Å². The monoisotopic (exact) mass is 332 g/mol. The lowest BCUT2D eigenvalue weighted by Gasteiger charge is -2.24. The highest BCUT2D eigenvalue weighted by Gasteiger charge is 2.20. The second-order valence-corrected chi connectivity index (χ2v) is 7.15. The van der Waals surface area contributed by atoms with E-state index in [1.807, 2.05) is 32.2 Å². The minimum atomic E-state index is -0.0315. The third-order valence-electron chi connectivity index (χ3n) is 4.47. The van der Waals surface area contributed by atoms with Gasteiger partial charge in [-0.3, -0.25) is 0 Å². The molecule has 1 aromatic heterocycles. The number of urea groups is 1. The van der Waals surface area contributed by atoms with Gasteiger partial charge in [-0.25, -0.2) is 9.78 Å².